The van der Waals surface area contributed by atoms with Crippen LogP contribution < -0.4 is 10.3 Å². The van der Waals surface area contributed by atoms with Gasteiger partial charge in [-0.2, -0.15) is 5.10 Å². The maximum Gasteiger partial charge on any atom is 0.271 e. The fourth-order valence-corrected chi connectivity index (χ4v) is 3.68. The van der Waals surface area contributed by atoms with Crippen LogP contribution in [0.3, 0.4) is 0 Å². The number of aromatic hydroxyl groups is 1. The number of benzene rings is 3. The summed E-state index contributed by atoms with van der Waals surface area (Å²) in [4.78, 5) is 27.2. The lowest BCUT2D eigenvalue weighted by molar-refractivity contribution is -0.117. The Morgan fingerprint density at radius 3 is 2.40 bits per heavy atom. The molecule has 1 aliphatic rings. The van der Waals surface area contributed by atoms with Crippen LogP contribution in [0.5, 0.6) is 5.75 Å². The second-order valence-electron chi connectivity index (χ2n) is 7.32. The Balaban J connectivity index is 1.59. The van der Waals surface area contributed by atoms with E-state index in [0.29, 0.717) is 5.56 Å². The number of nitrogens with one attached hydrogen (secondary N) is 1. The standard InChI is InChI=1S/C24H21N3O3/c1-15-11-16(2)13-18(12-15)27-22-6-4-3-5-20(22)21(24(27)30)14-25-26-23(29)17-7-9-19(28)10-8-17/h3-14,21,28H,1-2H3,(H,26,29). The minimum atomic E-state index is -0.595. The fraction of sp³-hybridized carbons (Fsp3) is 0.125. The summed E-state index contributed by atoms with van der Waals surface area (Å²) in [5.41, 5.74) is 7.43. The smallest absolute Gasteiger partial charge is 0.271 e. The summed E-state index contributed by atoms with van der Waals surface area (Å²) in [5.74, 6) is -1.06. The number of nitrogens with zero attached hydrogens (tertiary/aromatic N) is 2. The highest BCUT2D eigenvalue weighted by Crippen LogP contribution is 2.41. The van der Waals surface area contributed by atoms with Crippen molar-refractivity contribution in [3.05, 3.63) is 89.0 Å². The van der Waals surface area contributed by atoms with E-state index in [9.17, 15) is 14.7 Å². The molecule has 0 saturated carbocycles. The summed E-state index contributed by atoms with van der Waals surface area (Å²) in [6, 6.07) is 19.5. The molecule has 2 amide bonds. The van der Waals surface area contributed by atoms with Crippen molar-refractivity contribution in [2.45, 2.75) is 19.8 Å². The molecule has 1 aliphatic heterocycles. The van der Waals surface area contributed by atoms with Crippen molar-refractivity contribution in [1.82, 2.24) is 5.43 Å². The van der Waals surface area contributed by atoms with Crippen LogP contribution in [0.4, 0.5) is 11.4 Å². The molecule has 3 aromatic rings. The predicted octanol–water partition coefficient (Wildman–Crippen LogP) is 4.19. The number of carbonyl (C=O) groups excluding carboxylic acids is 2. The van der Waals surface area contributed by atoms with Gasteiger partial charge >= 0.3 is 0 Å². The molecule has 6 nitrogen and oxygen atoms in total. The Hall–Kier alpha value is -3.93. The van der Waals surface area contributed by atoms with E-state index in [1.54, 1.807) is 4.90 Å². The van der Waals surface area contributed by atoms with Gasteiger partial charge in [-0.3, -0.25) is 14.5 Å². The molecule has 0 bridgehead atoms. The minimum absolute atomic E-state index is 0.0784. The van der Waals surface area contributed by atoms with Crippen molar-refractivity contribution < 1.29 is 14.7 Å². The molecule has 0 fully saturated rings. The molecule has 0 radical (unpaired) electrons. The van der Waals surface area contributed by atoms with Gasteiger partial charge in [-0.15, -0.1) is 0 Å². The number of amides is 2. The molecule has 0 aliphatic carbocycles. The number of phenolic OH excluding ortho intramolecular Hbond substituents is 1. The van der Waals surface area contributed by atoms with Crippen molar-refractivity contribution in [3.63, 3.8) is 0 Å². The molecule has 0 saturated heterocycles. The highest BCUT2D eigenvalue weighted by molar-refractivity contribution is 6.17. The highest BCUT2D eigenvalue weighted by atomic mass is 16.3. The number of anilines is 2. The van der Waals surface area contributed by atoms with E-state index >= 15 is 0 Å². The molecule has 1 atom stereocenters. The first kappa shape index (κ1) is 19.4. The molecule has 4 rings (SSSR count). The minimum Gasteiger partial charge on any atom is -0.508 e. The van der Waals surface area contributed by atoms with Crippen molar-refractivity contribution in [2.75, 3.05) is 4.90 Å². The zero-order valence-corrected chi connectivity index (χ0v) is 16.7. The lowest BCUT2D eigenvalue weighted by atomic mass is 10.0. The SMILES string of the molecule is Cc1cc(C)cc(N2C(=O)C(C=NNC(=O)c3ccc(O)cc3)c3ccccc32)c1. The molecular formula is C24H21N3O3. The zero-order chi connectivity index (χ0) is 21.3. The second kappa shape index (κ2) is 7.83. The quantitative estimate of drug-likeness (QED) is 0.510. The monoisotopic (exact) mass is 399 g/mol. The van der Waals surface area contributed by atoms with Crippen molar-refractivity contribution in [2.24, 2.45) is 5.10 Å². The molecular weight excluding hydrogens is 378 g/mol. The number of carbonyl (C=O) groups is 2. The Morgan fingerprint density at radius 2 is 1.70 bits per heavy atom. The number of aryl methyl sites for hydroxylation is 2. The van der Waals surface area contributed by atoms with Gasteiger partial charge in [-0.1, -0.05) is 24.3 Å². The van der Waals surface area contributed by atoms with Gasteiger partial charge in [0.05, 0.1) is 5.69 Å². The molecule has 0 spiro atoms. The van der Waals surface area contributed by atoms with Crippen LogP contribution >= 0.6 is 0 Å². The van der Waals surface area contributed by atoms with Crippen LogP contribution in [-0.4, -0.2) is 23.1 Å². The number of fused-ring (bicyclic) bond motifs is 1. The van der Waals surface area contributed by atoms with E-state index in [4.69, 9.17) is 0 Å². The number of hydrogen-bond donors (Lipinski definition) is 2. The normalized spacial score (nSPS) is 15.5. The highest BCUT2D eigenvalue weighted by Gasteiger charge is 2.37. The van der Waals surface area contributed by atoms with Gasteiger partial charge in [0.2, 0.25) is 5.91 Å². The Morgan fingerprint density at radius 1 is 1.03 bits per heavy atom. The molecule has 30 heavy (non-hydrogen) atoms. The largest absolute Gasteiger partial charge is 0.508 e. The first-order valence-electron chi connectivity index (χ1n) is 9.58. The number of phenols is 1. The predicted molar refractivity (Wildman–Crippen MR) is 116 cm³/mol. The van der Waals surface area contributed by atoms with E-state index in [-0.39, 0.29) is 11.7 Å². The van der Waals surface area contributed by atoms with Crippen molar-refractivity contribution in [3.8, 4) is 5.75 Å². The van der Waals surface area contributed by atoms with Gasteiger partial charge in [-0.05, 0) is 73.0 Å². The van der Waals surface area contributed by atoms with E-state index in [2.05, 4.69) is 16.6 Å². The summed E-state index contributed by atoms with van der Waals surface area (Å²) in [5, 5.41) is 13.4. The van der Waals surface area contributed by atoms with Crippen LogP contribution in [-0.2, 0) is 4.79 Å². The van der Waals surface area contributed by atoms with Crippen LogP contribution in [0.1, 0.15) is 33.0 Å². The van der Waals surface area contributed by atoms with E-state index in [1.807, 2.05) is 50.2 Å². The molecule has 1 heterocycles. The van der Waals surface area contributed by atoms with E-state index in [0.717, 1.165) is 28.1 Å². The van der Waals surface area contributed by atoms with Crippen molar-refractivity contribution >= 4 is 29.4 Å². The van der Waals surface area contributed by atoms with E-state index < -0.39 is 11.8 Å². The average Bonchev–Trinajstić information content (AvgIpc) is 2.99. The van der Waals surface area contributed by atoms with Gasteiger partial charge in [0.1, 0.15) is 11.7 Å². The fourth-order valence-electron chi connectivity index (χ4n) is 3.68. The Kier molecular flexibility index (Phi) is 5.06. The summed E-state index contributed by atoms with van der Waals surface area (Å²) < 4.78 is 0. The number of para-hydroxylation sites is 1. The summed E-state index contributed by atoms with van der Waals surface area (Å²) >= 11 is 0. The van der Waals surface area contributed by atoms with Crippen LogP contribution in [0, 0.1) is 13.8 Å². The lowest BCUT2D eigenvalue weighted by Gasteiger charge is -2.19. The third-order valence-corrected chi connectivity index (χ3v) is 4.98. The summed E-state index contributed by atoms with van der Waals surface area (Å²) in [6.45, 7) is 4.00. The Labute approximate surface area is 174 Å². The maximum absolute atomic E-state index is 13.3. The topological polar surface area (TPSA) is 82.0 Å². The molecule has 150 valence electrons. The van der Waals surface area contributed by atoms with Crippen molar-refractivity contribution in [1.29, 1.82) is 0 Å². The van der Waals surface area contributed by atoms with Gasteiger partial charge in [0.15, 0.2) is 0 Å². The molecule has 1 unspecified atom stereocenters. The van der Waals surface area contributed by atoms with Crippen LogP contribution in [0.25, 0.3) is 0 Å². The van der Waals surface area contributed by atoms with Gasteiger partial charge in [0, 0.05) is 17.5 Å². The number of hydrogen-bond acceptors (Lipinski definition) is 4. The van der Waals surface area contributed by atoms with Gasteiger partial charge in [-0.25, -0.2) is 5.43 Å². The zero-order valence-electron chi connectivity index (χ0n) is 16.7. The van der Waals surface area contributed by atoms with Crippen LogP contribution in [0.15, 0.2) is 71.8 Å². The third-order valence-electron chi connectivity index (χ3n) is 4.98. The molecule has 0 aromatic heterocycles. The first-order valence-corrected chi connectivity index (χ1v) is 9.58. The average molecular weight is 399 g/mol. The number of rotatable bonds is 4. The molecule has 2 N–H and O–H groups in total. The van der Waals surface area contributed by atoms with Gasteiger partial charge in [0.25, 0.3) is 5.91 Å². The maximum atomic E-state index is 13.3. The summed E-state index contributed by atoms with van der Waals surface area (Å²) in [6.07, 6.45) is 1.46. The molecule has 6 heteroatoms. The third kappa shape index (κ3) is 3.67. The lowest BCUT2D eigenvalue weighted by Crippen LogP contribution is -2.25. The number of hydrazone groups is 1. The second-order valence-corrected chi connectivity index (χ2v) is 7.32. The first-order chi connectivity index (χ1) is 14.4. The summed E-state index contributed by atoms with van der Waals surface area (Å²) in [7, 11) is 0. The Bertz CT molecular complexity index is 1130. The van der Waals surface area contributed by atoms with Crippen LogP contribution in [0.2, 0.25) is 0 Å². The van der Waals surface area contributed by atoms with E-state index in [1.165, 1.54) is 30.5 Å². The van der Waals surface area contributed by atoms with Gasteiger partial charge < -0.3 is 5.11 Å². The molecule has 3 aromatic carbocycles.